The van der Waals surface area contributed by atoms with E-state index in [1.54, 1.807) is 25.1 Å². The number of hydrogen-bond donors (Lipinski definition) is 2. The van der Waals surface area contributed by atoms with Gasteiger partial charge in [-0.2, -0.15) is 0 Å². The molecule has 0 unspecified atom stereocenters. The molecule has 2 N–H and O–H groups in total. The van der Waals surface area contributed by atoms with Crippen LogP contribution in [0.1, 0.15) is 37.8 Å². The number of benzene rings is 1. The first-order chi connectivity index (χ1) is 8.15. The zero-order valence-electron chi connectivity index (χ0n) is 9.95. The molecule has 0 aliphatic carbocycles. The van der Waals surface area contributed by atoms with E-state index in [9.17, 15) is 9.18 Å². The van der Waals surface area contributed by atoms with Crippen LogP contribution in [0.2, 0.25) is 0 Å². The van der Waals surface area contributed by atoms with Crippen molar-refractivity contribution in [2.24, 2.45) is 0 Å². The minimum Gasteiger partial charge on any atom is -0.396 e. The molecule has 0 aromatic heterocycles. The summed E-state index contributed by atoms with van der Waals surface area (Å²) < 4.78 is 13.4. The summed E-state index contributed by atoms with van der Waals surface area (Å²) in [5, 5.41) is 11.3. The topological polar surface area (TPSA) is 49.3 Å². The van der Waals surface area contributed by atoms with Gasteiger partial charge in [-0.05, 0) is 25.8 Å². The van der Waals surface area contributed by atoms with Crippen LogP contribution in [0.25, 0.3) is 0 Å². The summed E-state index contributed by atoms with van der Waals surface area (Å²) >= 11 is 0. The summed E-state index contributed by atoms with van der Waals surface area (Å²) in [5.74, 6) is -0.426. The normalized spacial score (nSPS) is 12.2. The lowest BCUT2D eigenvalue weighted by Gasteiger charge is -2.14. The predicted molar refractivity (Wildman–Crippen MR) is 63.9 cm³/mol. The SMILES string of the molecule is C[C@@H](NC(=O)CCCCO)c1ccccc1F. The Morgan fingerprint density at radius 3 is 2.76 bits per heavy atom. The standard InChI is InChI=1S/C13H18FNO2/c1-10(11-6-2-3-7-12(11)14)15-13(17)8-4-5-9-16/h2-3,6-7,10,16H,4-5,8-9H2,1H3,(H,15,17)/t10-/m1/s1. The lowest BCUT2D eigenvalue weighted by molar-refractivity contribution is -0.121. The van der Waals surface area contributed by atoms with E-state index in [1.165, 1.54) is 6.07 Å². The Bertz CT molecular complexity index is 368. The van der Waals surface area contributed by atoms with E-state index in [4.69, 9.17) is 5.11 Å². The number of amides is 1. The first kappa shape index (κ1) is 13.6. The van der Waals surface area contributed by atoms with E-state index >= 15 is 0 Å². The molecule has 0 aliphatic heterocycles. The summed E-state index contributed by atoms with van der Waals surface area (Å²) in [6.45, 7) is 1.85. The third kappa shape index (κ3) is 4.53. The van der Waals surface area contributed by atoms with Crippen LogP contribution in [0.5, 0.6) is 0 Å². The highest BCUT2D eigenvalue weighted by molar-refractivity contribution is 5.76. The smallest absolute Gasteiger partial charge is 0.220 e. The number of carbonyl (C=O) groups excluding carboxylic acids is 1. The molecule has 0 saturated heterocycles. The molecule has 4 heteroatoms. The predicted octanol–water partition coefficient (Wildman–Crippen LogP) is 2.17. The van der Waals surface area contributed by atoms with Crippen LogP contribution >= 0.6 is 0 Å². The molecule has 0 aliphatic rings. The van der Waals surface area contributed by atoms with Crippen LogP contribution in [0.15, 0.2) is 24.3 Å². The number of aliphatic hydroxyl groups is 1. The summed E-state index contributed by atoms with van der Waals surface area (Å²) in [7, 11) is 0. The molecule has 1 atom stereocenters. The molecular formula is C13H18FNO2. The maximum absolute atomic E-state index is 13.4. The first-order valence-corrected chi connectivity index (χ1v) is 5.79. The van der Waals surface area contributed by atoms with Gasteiger partial charge in [-0.1, -0.05) is 18.2 Å². The van der Waals surface area contributed by atoms with Crippen molar-refractivity contribution in [3.05, 3.63) is 35.6 Å². The molecule has 0 bridgehead atoms. The Hall–Kier alpha value is -1.42. The molecule has 94 valence electrons. The highest BCUT2D eigenvalue weighted by atomic mass is 19.1. The van der Waals surface area contributed by atoms with Gasteiger partial charge in [0, 0.05) is 18.6 Å². The lowest BCUT2D eigenvalue weighted by atomic mass is 10.1. The lowest BCUT2D eigenvalue weighted by Crippen LogP contribution is -2.26. The van der Waals surface area contributed by atoms with Gasteiger partial charge >= 0.3 is 0 Å². The van der Waals surface area contributed by atoms with Crippen LogP contribution in [-0.4, -0.2) is 17.6 Å². The molecule has 3 nitrogen and oxygen atoms in total. The van der Waals surface area contributed by atoms with Crippen molar-refractivity contribution >= 4 is 5.91 Å². The minimum atomic E-state index is -0.335. The number of carbonyl (C=O) groups is 1. The van der Waals surface area contributed by atoms with Gasteiger partial charge in [0.25, 0.3) is 0 Å². The Labute approximate surface area is 101 Å². The van der Waals surface area contributed by atoms with E-state index in [1.807, 2.05) is 0 Å². The second kappa shape index (κ2) is 7.01. The number of hydrogen-bond acceptors (Lipinski definition) is 2. The minimum absolute atomic E-state index is 0.0934. The van der Waals surface area contributed by atoms with Gasteiger partial charge in [-0.15, -0.1) is 0 Å². The van der Waals surface area contributed by atoms with E-state index in [2.05, 4.69) is 5.32 Å². The third-order valence-corrected chi connectivity index (χ3v) is 2.56. The van der Waals surface area contributed by atoms with Crippen LogP contribution in [0.3, 0.4) is 0 Å². The average Bonchev–Trinajstić information content (AvgIpc) is 2.29. The van der Waals surface area contributed by atoms with Gasteiger partial charge in [0.05, 0.1) is 6.04 Å². The molecule has 1 rings (SSSR count). The van der Waals surface area contributed by atoms with E-state index in [0.29, 0.717) is 24.8 Å². The molecule has 0 heterocycles. The zero-order chi connectivity index (χ0) is 12.7. The van der Waals surface area contributed by atoms with Crippen molar-refractivity contribution < 1.29 is 14.3 Å². The van der Waals surface area contributed by atoms with Gasteiger partial charge in [0.2, 0.25) is 5.91 Å². The molecule has 0 fully saturated rings. The Morgan fingerprint density at radius 1 is 1.41 bits per heavy atom. The molecule has 0 radical (unpaired) electrons. The fourth-order valence-corrected chi connectivity index (χ4v) is 1.62. The Balaban J connectivity index is 2.46. The average molecular weight is 239 g/mol. The van der Waals surface area contributed by atoms with Crippen LogP contribution < -0.4 is 5.32 Å². The fraction of sp³-hybridized carbons (Fsp3) is 0.462. The maximum Gasteiger partial charge on any atom is 0.220 e. The van der Waals surface area contributed by atoms with Crippen molar-refractivity contribution in [1.82, 2.24) is 5.32 Å². The van der Waals surface area contributed by atoms with E-state index in [-0.39, 0.29) is 24.4 Å². The van der Waals surface area contributed by atoms with Gasteiger partial charge < -0.3 is 10.4 Å². The summed E-state index contributed by atoms with van der Waals surface area (Å²) in [6, 6.07) is 6.07. The monoisotopic (exact) mass is 239 g/mol. The van der Waals surface area contributed by atoms with Gasteiger partial charge in [0.1, 0.15) is 5.82 Å². The molecule has 0 spiro atoms. The summed E-state index contributed by atoms with van der Waals surface area (Å²) in [6.07, 6.45) is 1.62. The van der Waals surface area contributed by atoms with Gasteiger partial charge in [0.15, 0.2) is 0 Å². The Morgan fingerprint density at radius 2 is 2.12 bits per heavy atom. The van der Waals surface area contributed by atoms with Crippen molar-refractivity contribution in [3.63, 3.8) is 0 Å². The molecule has 1 aromatic carbocycles. The number of halogens is 1. The van der Waals surface area contributed by atoms with E-state index in [0.717, 1.165) is 0 Å². The molecule has 1 aromatic rings. The van der Waals surface area contributed by atoms with Crippen molar-refractivity contribution in [2.75, 3.05) is 6.61 Å². The quantitative estimate of drug-likeness (QED) is 0.747. The van der Waals surface area contributed by atoms with Crippen LogP contribution in [-0.2, 0) is 4.79 Å². The molecule has 17 heavy (non-hydrogen) atoms. The second-order valence-electron chi connectivity index (χ2n) is 3.99. The second-order valence-corrected chi connectivity index (χ2v) is 3.99. The zero-order valence-corrected chi connectivity index (χ0v) is 9.95. The fourth-order valence-electron chi connectivity index (χ4n) is 1.62. The summed E-state index contributed by atoms with van der Waals surface area (Å²) in [4.78, 5) is 11.5. The highest BCUT2D eigenvalue weighted by Crippen LogP contribution is 2.16. The highest BCUT2D eigenvalue weighted by Gasteiger charge is 2.12. The number of unbranched alkanes of at least 4 members (excludes halogenated alkanes) is 1. The van der Waals surface area contributed by atoms with Crippen molar-refractivity contribution in [3.8, 4) is 0 Å². The Kier molecular flexibility index (Phi) is 5.63. The maximum atomic E-state index is 13.4. The van der Waals surface area contributed by atoms with Crippen LogP contribution in [0.4, 0.5) is 4.39 Å². The first-order valence-electron chi connectivity index (χ1n) is 5.79. The molecule has 0 saturated carbocycles. The number of aliphatic hydroxyl groups excluding tert-OH is 1. The van der Waals surface area contributed by atoms with Crippen LogP contribution in [0, 0.1) is 5.82 Å². The van der Waals surface area contributed by atoms with Crippen molar-refractivity contribution in [2.45, 2.75) is 32.2 Å². The van der Waals surface area contributed by atoms with Gasteiger partial charge in [-0.25, -0.2) is 4.39 Å². The van der Waals surface area contributed by atoms with Gasteiger partial charge in [-0.3, -0.25) is 4.79 Å². The van der Waals surface area contributed by atoms with E-state index < -0.39 is 0 Å². The third-order valence-electron chi connectivity index (χ3n) is 2.56. The molecule has 1 amide bonds. The molecular weight excluding hydrogens is 221 g/mol. The van der Waals surface area contributed by atoms with Crippen molar-refractivity contribution in [1.29, 1.82) is 0 Å². The number of rotatable bonds is 6. The number of nitrogens with one attached hydrogen (secondary N) is 1. The largest absolute Gasteiger partial charge is 0.396 e. The summed E-state index contributed by atoms with van der Waals surface area (Å²) in [5.41, 5.74) is 0.489.